The Morgan fingerprint density at radius 1 is 1.27 bits per heavy atom. The van der Waals surface area contributed by atoms with Gasteiger partial charge in [0.1, 0.15) is 0 Å². The van der Waals surface area contributed by atoms with Crippen molar-refractivity contribution >= 4 is 11.8 Å². The van der Waals surface area contributed by atoms with Crippen LogP contribution in [-0.2, 0) is 9.59 Å². The average molecular weight is 210 g/mol. The zero-order chi connectivity index (χ0) is 11.1. The number of hydrogen-bond acceptors (Lipinski definition) is 3. The minimum atomic E-state index is -0.373. The molecule has 0 aromatic heterocycles. The van der Waals surface area contributed by atoms with Crippen LogP contribution in [0.5, 0.6) is 0 Å². The van der Waals surface area contributed by atoms with E-state index in [1.54, 1.807) is 0 Å². The van der Waals surface area contributed by atoms with Gasteiger partial charge in [-0.15, -0.1) is 0 Å². The molecule has 0 aliphatic carbocycles. The summed E-state index contributed by atoms with van der Waals surface area (Å²) in [5, 5.41) is 2.42. The van der Waals surface area contributed by atoms with Crippen molar-refractivity contribution in [2.75, 3.05) is 13.1 Å². The van der Waals surface area contributed by atoms with Crippen molar-refractivity contribution in [1.29, 1.82) is 0 Å². The van der Waals surface area contributed by atoms with Gasteiger partial charge in [-0.05, 0) is 39.8 Å². The Kier molecular flexibility index (Phi) is 2.54. The highest BCUT2D eigenvalue weighted by molar-refractivity contribution is 6.05. The Morgan fingerprint density at radius 3 is 2.27 bits per heavy atom. The smallest absolute Gasteiger partial charge is 0.233 e. The van der Waals surface area contributed by atoms with Crippen LogP contribution in [0.1, 0.15) is 33.1 Å². The number of rotatable bonds is 1. The molecule has 2 aliphatic heterocycles. The standard InChI is InChI=1S/C11H18N2O2/c1-8(2)13-5-3-11(4-6-13)7-9(14)12-10(11)15/h8H,3-7H2,1-2H3,(H,12,14,15). The highest BCUT2D eigenvalue weighted by Crippen LogP contribution is 2.38. The summed E-state index contributed by atoms with van der Waals surface area (Å²) in [6.45, 7) is 6.19. The van der Waals surface area contributed by atoms with E-state index in [-0.39, 0.29) is 17.2 Å². The van der Waals surface area contributed by atoms with E-state index in [0.717, 1.165) is 25.9 Å². The van der Waals surface area contributed by atoms with E-state index < -0.39 is 0 Å². The van der Waals surface area contributed by atoms with Gasteiger partial charge in [0.25, 0.3) is 0 Å². The molecule has 0 aromatic rings. The molecule has 4 heteroatoms. The lowest BCUT2D eigenvalue weighted by Crippen LogP contribution is -2.46. The zero-order valence-electron chi connectivity index (χ0n) is 9.38. The summed E-state index contributed by atoms with van der Waals surface area (Å²) < 4.78 is 0. The number of carbonyl (C=O) groups excluding carboxylic acids is 2. The van der Waals surface area contributed by atoms with Crippen LogP contribution in [0.4, 0.5) is 0 Å². The SMILES string of the molecule is CC(C)N1CCC2(CC1)CC(=O)NC2=O. The maximum atomic E-state index is 11.7. The quantitative estimate of drug-likeness (QED) is 0.642. The molecule has 2 amide bonds. The largest absolute Gasteiger partial charge is 0.301 e. The van der Waals surface area contributed by atoms with E-state index in [4.69, 9.17) is 0 Å². The first kappa shape index (κ1) is 10.6. The fourth-order valence-corrected chi connectivity index (χ4v) is 2.56. The van der Waals surface area contributed by atoms with Crippen molar-refractivity contribution in [3.05, 3.63) is 0 Å². The van der Waals surface area contributed by atoms with Gasteiger partial charge >= 0.3 is 0 Å². The Labute approximate surface area is 90.0 Å². The summed E-state index contributed by atoms with van der Waals surface area (Å²) in [6, 6.07) is 0.530. The van der Waals surface area contributed by atoms with Crippen LogP contribution in [0.2, 0.25) is 0 Å². The highest BCUT2D eigenvalue weighted by atomic mass is 16.2. The maximum Gasteiger partial charge on any atom is 0.233 e. The normalized spacial score (nSPS) is 26.3. The van der Waals surface area contributed by atoms with Gasteiger partial charge in [-0.1, -0.05) is 0 Å². The third-order valence-corrected chi connectivity index (χ3v) is 3.72. The third kappa shape index (κ3) is 1.78. The number of amides is 2. The van der Waals surface area contributed by atoms with Crippen LogP contribution in [-0.4, -0.2) is 35.8 Å². The molecule has 2 fully saturated rings. The maximum absolute atomic E-state index is 11.7. The molecule has 1 N–H and O–H groups in total. The summed E-state index contributed by atoms with van der Waals surface area (Å²) in [4.78, 5) is 25.2. The fourth-order valence-electron chi connectivity index (χ4n) is 2.56. The summed E-state index contributed by atoms with van der Waals surface area (Å²) in [5.41, 5.74) is -0.373. The van der Waals surface area contributed by atoms with E-state index in [0.29, 0.717) is 12.5 Å². The molecule has 0 atom stereocenters. The molecule has 2 rings (SSSR count). The van der Waals surface area contributed by atoms with Gasteiger partial charge in [0.05, 0.1) is 5.41 Å². The topological polar surface area (TPSA) is 49.4 Å². The number of imide groups is 1. The number of piperidine rings is 1. The fraction of sp³-hybridized carbons (Fsp3) is 0.818. The van der Waals surface area contributed by atoms with Gasteiger partial charge < -0.3 is 4.90 Å². The molecule has 0 bridgehead atoms. The number of nitrogens with zero attached hydrogens (tertiary/aromatic N) is 1. The first-order valence-electron chi connectivity index (χ1n) is 5.62. The molecular formula is C11H18N2O2. The molecular weight excluding hydrogens is 192 g/mol. The lowest BCUT2D eigenvalue weighted by molar-refractivity contribution is -0.130. The van der Waals surface area contributed by atoms with Crippen molar-refractivity contribution in [3.8, 4) is 0 Å². The Bertz CT molecular complexity index is 291. The lowest BCUT2D eigenvalue weighted by Gasteiger charge is -2.38. The minimum Gasteiger partial charge on any atom is -0.301 e. The molecule has 0 unspecified atom stereocenters. The average Bonchev–Trinajstić information content (AvgIpc) is 2.42. The highest BCUT2D eigenvalue weighted by Gasteiger charge is 2.48. The molecule has 4 nitrogen and oxygen atoms in total. The second-order valence-electron chi connectivity index (χ2n) is 4.96. The second kappa shape index (κ2) is 3.59. The van der Waals surface area contributed by atoms with Gasteiger partial charge in [-0.2, -0.15) is 0 Å². The lowest BCUT2D eigenvalue weighted by atomic mass is 9.77. The molecule has 15 heavy (non-hydrogen) atoms. The van der Waals surface area contributed by atoms with Crippen molar-refractivity contribution in [1.82, 2.24) is 10.2 Å². The Morgan fingerprint density at radius 2 is 1.87 bits per heavy atom. The first-order chi connectivity index (χ1) is 7.03. The van der Waals surface area contributed by atoms with E-state index in [1.165, 1.54) is 0 Å². The van der Waals surface area contributed by atoms with Gasteiger partial charge in [-0.25, -0.2) is 0 Å². The summed E-state index contributed by atoms with van der Waals surface area (Å²) in [7, 11) is 0. The van der Waals surface area contributed by atoms with Crippen LogP contribution in [0.15, 0.2) is 0 Å². The molecule has 2 heterocycles. The number of hydrogen-bond donors (Lipinski definition) is 1. The van der Waals surface area contributed by atoms with Crippen LogP contribution in [0.25, 0.3) is 0 Å². The summed E-state index contributed by atoms with van der Waals surface area (Å²) in [6.07, 6.45) is 2.04. The van der Waals surface area contributed by atoms with Crippen molar-refractivity contribution in [3.63, 3.8) is 0 Å². The molecule has 0 aromatic carbocycles. The van der Waals surface area contributed by atoms with Gasteiger partial charge in [0.2, 0.25) is 11.8 Å². The number of nitrogens with one attached hydrogen (secondary N) is 1. The van der Waals surface area contributed by atoms with Crippen LogP contribution < -0.4 is 5.32 Å². The van der Waals surface area contributed by atoms with E-state index in [1.807, 2.05) is 0 Å². The molecule has 0 radical (unpaired) electrons. The van der Waals surface area contributed by atoms with Crippen LogP contribution >= 0.6 is 0 Å². The van der Waals surface area contributed by atoms with Gasteiger partial charge in [-0.3, -0.25) is 14.9 Å². The van der Waals surface area contributed by atoms with Crippen molar-refractivity contribution < 1.29 is 9.59 Å². The van der Waals surface area contributed by atoms with E-state index >= 15 is 0 Å². The summed E-state index contributed by atoms with van der Waals surface area (Å²) in [5.74, 6) is -0.145. The number of likely N-dealkylation sites (tertiary alicyclic amines) is 1. The minimum absolute atomic E-state index is 0.0455. The predicted molar refractivity (Wildman–Crippen MR) is 56.1 cm³/mol. The van der Waals surface area contributed by atoms with Crippen molar-refractivity contribution in [2.45, 2.75) is 39.2 Å². The Hall–Kier alpha value is -0.900. The van der Waals surface area contributed by atoms with E-state index in [2.05, 4.69) is 24.1 Å². The van der Waals surface area contributed by atoms with Crippen LogP contribution in [0, 0.1) is 5.41 Å². The third-order valence-electron chi connectivity index (χ3n) is 3.72. The number of carbonyl (C=O) groups is 2. The molecule has 84 valence electrons. The zero-order valence-corrected chi connectivity index (χ0v) is 9.38. The van der Waals surface area contributed by atoms with Gasteiger partial charge in [0, 0.05) is 12.5 Å². The second-order valence-corrected chi connectivity index (χ2v) is 4.96. The van der Waals surface area contributed by atoms with E-state index in [9.17, 15) is 9.59 Å². The summed E-state index contributed by atoms with van der Waals surface area (Å²) >= 11 is 0. The molecule has 1 spiro atoms. The van der Waals surface area contributed by atoms with Crippen molar-refractivity contribution in [2.24, 2.45) is 5.41 Å². The Balaban J connectivity index is 2.03. The van der Waals surface area contributed by atoms with Crippen LogP contribution in [0.3, 0.4) is 0 Å². The molecule has 2 aliphatic rings. The molecule has 2 saturated heterocycles. The first-order valence-corrected chi connectivity index (χ1v) is 5.62. The monoisotopic (exact) mass is 210 g/mol. The van der Waals surface area contributed by atoms with Gasteiger partial charge in [0.15, 0.2) is 0 Å². The predicted octanol–water partition coefficient (Wildman–Crippen LogP) is 0.523. The molecule has 0 saturated carbocycles.